The molecule has 1 atom stereocenters. The first-order valence-electron chi connectivity index (χ1n) is 6.99. The number of hydrogen-bond donors (Lipinski definition) is 2. The van der Waals surface area contributed by atoms with Gasteiger partial charge in [-0.15, -0.1) is 0 Å². The van der Waals surface area contributed by atoms with Crippen molar-refractivity contribution in [1.29, 1.82) is 0 Å². The first kappa shape index (κ1) is 15.7. The van der Waals surface area contributed by atoms with Crippen LogP contribution in [0.4, 0.5) is 5.69 Å². The first-order valence-corrected chi connectivity index (χ1v) is 6.99. The highest BCUT2D eigenvalue weighted by molar-refractivity contribution is 5.97. The van der Waals surface area contributed by atoms with Crippen LogP contribution < -0.4 is 11.1 Å². The van der Waals surface area contributed by atoms with Crippen LogP contribution in [0.3, 0.4) is 0 Å². The van der Waals surface area contributed by atoms with E-state index in [1.54, 1.807) is 30.6 Å². The van der Waals surface area contributed by atoms with Crippen molar-refractivity contribution in [1.82, 2.24) is 4.98 Å². The molecule has 2 aromatic rings. The summed E-state index contributed by atoms with van der Waals surface area (Å²) in [6.45, 7) is 7.56. The number of fused-ring (bicyclic) bond motifs is 1. The van der Waals surface area contributed by atoms with Gasteiger partial charge < -0.3 is 11.1 Å². The zero-order chi connectivity index (χ0) is 15.9. The van der Waals surface area contributed by atoms with Gasteiger partial charge in [-0.25, -0.2) is 0 Å². The minimum Gasteiger partial charge on any atom is -0.329 e. The van der Waals surface area contributed by atoms with E-state index in [4.69, 9.17) is 5.73 Å². The Morgan fingerprint density at radius 2 is 2.14 bits per heavy atom. The number of nitrogens with zero attached hydrogens (tertiary/aromatic N) is 1. The maximum absolute atomic E-state index is 12.4. The zero-order valence-electron chi connectivity index (χ0n) is 12.3. The molecule has 0 aliphatic rings. The number of benzene rings is 1. The summed E-state index contributed by atoms with van der Waals surface area (Å²) in [7, 11) is 0. The molecule has 0 spiro atoms. The van der Waals surface area contributed by atoms with Crippen LogP contribution in [0.2, 0.25) is 0 Å². The zero-order valence-corrected chi connectivity index (χ0v) is 12.3. The highest BCUT2D eigenvalue weighted by Crippen LogP contribution is 2.20. The van der Waals surface area contributed by atoms with Crippen molar-refractivity contribution in [2.24, 2.45) is 11.7 Å². The minimum absolute atomic E-state index is 0.163. The lowest BCUT2D eigenvalue weighted by Gasteiger charge is -2.16. The van der Waals surface area contributed by atoms with Crippen molar-refractivity contribution in [2.45, 2.75) is 0 Å². The third-order valence-corrected chi connectivity index (χ3v) is 3.41. The molecule has 1 unspecified atom stereocenters. The predicted octanol–water partition coefficient (Wildman–Crippen LogP) is 3.05. The summed E-state index contributed by atoms with van der Waals surface area (Å²) >= 11 is 0. The van der Waals surface area contributed by atoms with E-state index < -0.39 is 5.92 Å². The molecule has 0 aliphatic heterocycles. The third-order valence-electron chi connectivity index (χ3n) is 3.41. The lowest BCUT2D eigenvalue weighted by atomic mass is 9.97. The van der Waals surface area contributed by atoms with Gasteiger partial charge in [0.15, 0.2) is 0 Å². The number of amides is 1. The summed E-state index contributed by atoms with van der Waals surface area (Å²) in [5.74, 6) is -0.618. The normalized spacial score (nSPS) is 12.7. The van der Waals surface area contributed by atoms with Crippen LogP contribution >= 0.6 is 0 Å². The number of allylic oxidation sites excluding steroid dienone is 3. The Balaban J connectivity index is 2.23. The fourth-order valence-corrected chi connectivity index (χ4v) is 2.25. The molecule has 112 valence electrons. The average Bonchev–Trinajstić information content (AvgIpc) is 2.54. The molecule has 0 saturated carbocycles. The number of aromatic nitrogens is 1. The number of nitrogens with one attached hydrogen (secondary N) is 1. The molecular weight excluding hydrogens is 274 g/mol. The minimum atomic E-state index is -0.455. The molecule has 2 rings (SSSR count). The van der Waals surface area contributed by atoms with Crippen molar-refractivity contribution < 1.29 is 4.79 Å². The topological polar surface area (TPSA) is 68.0 Å². The van der Waals surface area contributed by atoms with E-state index in [0.717, 1.165) is 22.0 Å². The second-order valence-corrected chi connectivity index (χ2v) is 4.82. The molecule has 22 heavy (non-hydrogen) atoms. The molecule has 0 saturated heterocycles. The van der Waals surface area contributed by atoms with E-state index in [2.05, 4.69) is 23.5 Å². The molecule has 0 aliphatic carbocycles. The van der Waals surface area contributed by atoms with Gasteiger partial charge in [-0.2, -0.15) is 0 Å². The van der Waals surface area contributed by atoms with Crippen LogP contribution in [-0.2, 0) is 4.79 Å². The van der Waals surface area contributed by atoms with Crippen LogP contribution in [0, 0.1) is 5.92 Å². The molecular formula is C18H19N3O. The molecule has 3 N–H and O–H groups in total. The van der Waals surface area contributed by atoms with Gasteiger partial charge in [0.05, 0.1) is 5.92 Å². The van der Waals surface area contributed by atoms with Gasteiger partial charge in [-0.1, -0.05) is 37.5 Å². The number of carbonyl (C=O) groups is 1. The van der Waals surface area contributed by atoms with Gasteiger partial charge >= 0.3 is 0 Å². The molecule has 1 aromatic heterocycles. The van der Waals surface area contributed by atoms with Crippen LogP contribution in [-0.4, -0.2) is 17.4 Å². The standard InChI is InChI=1S/C18H19N3O/c1-3-5-13(4-2)17(11-19)18(22)21-16-7-6-15-12-20-9-8-14(15)10-16/h3-10,12,17H,1-2,11,19H2,(H,21,22)/b13-5+. The number of anilines is 1. The van der Waals surface area contributed by atoms with Gasteiger partial charge in [0.25, 0.3) is 0 Å². The van der Waals surface area contributed by atoms with Crippen molar-refractivity contribution in [2.75, 3.05) is 11.9 Å². The third kappa shape index (κ3) is 3.48. The fourth-order valence-electron chi connectivity index (χ4n) is 2.25. The Morgan fingerprint density at radius 1 is 1.32 bits per heavy atom. The van der Waals surface area contributed by atoms with Crippen LogP contribution in [0.25, 0.3) is 10.8 Å². The Bertz CT molecular complexity index is 734. The maximum Gasteiger partial charge on any atom is 0.233 e. The highest BCUT2D eigenvalue weighted by Gasteiger charge is 2.19. The molecule has 4 nitrogen and oxygen atoms in total. The van der Waals surface area contributed by atoms with Crippen molar-refractivity contribution >= 4 is 22.4 Å². The smallest absolute Gasteiger partial charge is 0.233 e. The van der Waals surface area contributed by atoms with Crippen LogP contribution in [0.1, 0.15) is 0 Å². The van der Waals surface area contributed by atoms with Crippen molar-refractivity contribution in [3.8, 4) is 0 Å². The van der Waals surface area contributed by atoms with E-state index in [0.29, 0.717) is 0 Å². The first-order chi connectivity index (χ1) is 10.7. The molecule has 0 fully saturated rings. The molecule has 4 heteroatoms. The summed E-state index contributed by atoms with van der Waals surface area (Å²) in [6.07, 6.45) is 8.50. The van der Waals surface area contributed by atoms with E-state index in [1.807, 2.05) is 24.3 Å². The summed E-state index contributed by atoms with van der Waals surface area (Å²) in [5.41, 5.74) is 7.21. The average molecular weight is 293 g/mol. The van der Waals surface area contributed by atoms with Gasteiger partial charge in [0.2, 0.25) is 5.91 Å². The van der Waals surface area contributed by atoms with E-state index in [9.17, 15) is 4.79 Å². The van der Waals surface area contributed by atoms with E-state index in [1.165, 1.54) is 0 Å². The monoisotopic (exact) mass is 293 g/mol. The van der Waals surface area contributed by atoms with Gasteiger partial charge in [-0.05, 0) is 29.2 Å². The lowest BCUT2D eigenvalue weighted by Crippen LogP contribution is -2.30. The summed E-state index contributed by atoms with van der Waals surface area (Å²) in [5, 5.41) is 4.93. The number of nitrogens with two attached hydrogens (primary N) is 1. The molecule has 1 aromatic carbocycles. The molecule has 1 amide bonds. The number of pyridine rings is 1. The molecule has 0 bridgehead atoms. The lowest BCUT2D eigenvalue weighted by molar-refractivity contribution is -0.118. The van der Waals surface area contributed by atoms with Crippen LogP contribution in [0.5, 0.6) is 0 Å². The maximum atomic E-state index is 12.4. The fraction of sp³-hybridized carbons (Fsp3) is 0.111. The molecule has 0 radical (unpaired) electrons. The second kappa shape index (κ2) is 7.33. The SMILES string of the molecule is C=C/C=C(\C=C)C(CN)C(=O)Nc1ccc2cnccc2c1. The molecule has 1 heterocycles. The second-order valence-electron chi connectivity index (χ2n) is 4.82. The van der Waals surface area contributed by atoms with Crippen molar-refractivity contribution in [3.63, 3.8) is 0 Å². The van der Waals surface area contributed by atoms with Gasteiger partial charge in [0.1, 0.15) is 0 Å². The number of hydrogen-bond acceptors (Lipinski definition) is 3. The largest absolute Gasteiger partial charge is 0.329 e. The van der Waals surface area contributed by atoms with Crippen molar-refractivity contribution in [3.05, 3.63) is 73.6 Å². The Kier molecular flexibility index (Phi) is 5.22. The van der Waals surface area contributed by atoms with Gasteiger partial charge in [0, 0.05) is 30.0 Å². The number of carbonyl (C=O) groups excluding carboxylic acids is 1. The number of rotatable bonds is 6. The Morgan fingerprint density at radius 3 is 2.82 bits per heavy atom. The van der Waals surface area contributed by atoms with E-state index in [-0.39, 0.29) is 12.5 Å². The summed E-state index contributed by atoms with van der Waals surface area (Å²) in [4.78, 5) is 16.5. The summed E-state index contributed by atoms with van der Waals surface area (Å²) < 4.78 is 0. The highest BCUT2D eigenvalue weighted by atomic mass is 16.1. The Labute approximate surface area is 130 Å². The van der Waals surface area contributed by atoms with Crippen LogP contribution in [0.15, 0.2) is 73.6 Å². The van der Waals surface area contributed by atoms with Gasteiger partial charge in [-0.3, -0.25) is 9.78 Å². The quantitative estimate of drug-likeness (QED) is 0.804. The predicted molar refractivity (Wildman–Crippen MR) is 91.4 cm³/mol. The summed E-state index contributed by atoms with van der Waals surface area (Å²) in [6, 6.07) is 7.58. The van der Waals surface area contributed by atoms with E-state index >= 15 is 0 Å². The Hall–Kier alpha value is -2.72.